The molecule has 0 aliphatic carbocycles. The number of hydrogen-bond acceptors (Lipinski definition) is 8. The number of thioether (sulfide) groups is 1. The van der Waals surface area contributed by atoms with Gasteiger partial charge in [0.05, 0.1) is 26.6 Å². The van der Waals surface area contributed by atoms with Crippen LogP contribution < -0.4 is 14.2 Å². The van der Waals surface area contributed by atoms with Crippen molar-refractivity contribution in [2.75, 3.05) is 19.8 Å². The molecule has 0 saturated carbocycles. The van der Waals surface area contributed by atoms with Crippen LogP contribution in [-0.2, 0) is 11.4 Å². The van der Waals surface area contributed by atoms with Crippen molar-refractivity contribution in [3.8, 4) is 17.2 Å². The SMILES string of the molecule is CCOc1cc(/C=C2\SC(=O)N(CCOc3ccccc3)C2=O)cc(I)c1OCc1ccc([N+](=O)[O-])cc1. The summed E-state index contributed by atoms with van der Waals surface area (Å²) in [6.07, 6.45) is 1.66. The highest BCUT2D eigenvalue weighted by Gasteiger charge is 2.35. The molecule has 1 fully saturated rings. The van der Waals surface area contributed by atoms with Crippen LogP contribution in [0, 0.1) is 13.7 Å². The van der Waals surface area contributed by atoms with Crippen LogP contribution in [0.3, 0.4) is 0 Å². The molecule has 4 rings (SSSR count). The van der Waals surface area contributed by atoms with E-state index >= 15 is 0 Å². The van der Waals surface area contributed by atoms with Gasteiger partial charge in [-0.1, -0.05) is 18.2 Å². The lowest BCUT2D eigenvalue weighted by atomic mass is 10.1. The zero-order valence-corrected chi connectivity index (χ0v) is 23.3. The normalized spacial score (nSPS) is 14.2. The molecule has 3 aromatic rings. The van der Waals surface area contributed by atoms with Crippen molar-refractivity contribution < 1.29 is 28.7 Å². The molecule has 0 bridgehead atoms. The fourth-order valence-corrected chi connectivity index (χ4v) is 5.21. The molecule has 0 atom stereocenters. The number of nitro benzene ring substituents is 1. The van der Waals surface area contributed by atoms with Crippen LogP contribution in [0.5, 0.6) is 17.2 Å². The quantitative estimate of drug-likeness (QED) is 0.104. The summed E-state index contributed by atoms with van der Waals surface area (Å²) in [6, 6.07) is 18.9. The van der Waals surface area contributed by atoms with Crippen molar-refractivity contribution in [3.63, 3.8) is 0 Å². The number of amides is 2. The van der Waals surface area contributed by atoms with E-state index in [9.17, 15) is 19.7 Å². The summed E-state index contributed by atoms with van der Waals surface area (Å²) in [5, 5.41) is 10.5. The van der Waals surface area contributed by atoms with Gasteiger partial charge in [0.25, 0.3) is 16.8 Å². The van der Waals surface area contributed by atoms with Gasteiger partial charge in [0, 0.05) is 12.1 Å². The molecular formula is C27H23IN2O7S. The molecule has 196 valence electrons. The summed E-state index contributed by atoms with van der Waals surface area (Å²) in [5.41, 5.74) is 1.46. The molecular weight excluding hydrogens is 623 g/mol. The Morgan fingerprint density at radius 2 is 1.76 bits per heavy atom. The maximum absolute atomic E-state index is 12.9. The number of carbonyl (C=O) groups is 2. The Bertz CT molecular complexity index is 1360. The highest BCUT2D eigenvalue weighted by atomic mass is 127. The lowest BCUT2D eigenvalue weighted by Crippen LogP contribution is -2.32. The minimum Gasteiger partial charge on any atom is -0.492 e. The number of benzene rings is 3. The summed E-state index contributed by atoms with van der Waals surface area (Å²) in [5.74, 6) is 1.31. The van der Waals surface area contributed by atoms with E-state index in [0.717, 1.165) is 20.9 Å². The molecule has 3 aromatic carbocycles. The highest BCUT2D eigenvalue weighted by Crippen LogP contribution is 2.38. The predicted octanol–water partition coefficient (Wildman–Crippen LogP) is 6.29. The van der Waals surface area contributed by atoms with Gasteiger partial charge >= 0.3 is 0 Å². The number of halogens is 1. The summed E-state index contributed by atoms with van der Waals surface area (Å²) >= 11 is 3.01. The Labute approximate surface area is 237 Å². The smallest absolute Gasteiger partial charge is 0.293 e. The minimum absolute atomic E-state index is 0.0100. The van der Waals surface area contributed by atoms with Crippen LogP contribution in [0.2, 0.25) is 0 Å². The monoisotopic (exact) mass is 646 g/mol. The van der Waals surface area contributed by atoms with Gasteiger partial charge < -0.3 is 14.2 Å². The molecule has 0 spiro atoms. The molecule has 2 amide bonds. The van der Waals surface area contributed by atoms with Gasteiger partial charge in [-0.15, -0.1) is 0 Å². The Balaban J connectivity index is 1.45. The van der Waals surface area contributed by atoms with Crippen molar-refractivity contribution in [1.29, 1.82) is 0 Å². The third kappa shape index (κ3) is 6.84. The van der Waals surface area contributed by atoms with Crippen molar-refractivity contribution in [1.82, 2.24) is 4.90 Å². The van der Waals surface area contributed by atoms with Gasteiger partial charge in [-0.2, -0.15) is 0 Å². The third-order valence-corrected chi connectivity index (χ3v) is 7.07. The Kier molecular flexibility index (Phi) is 9.24. The van der Waals surface area contributed by atoms with E-state index in [1.54, 1.807) is 24.3 Å². The van der Waals surface area contributed by atoms with Gasteiger partial charge in [0.1, 0.15) is 19.0 Å². The molecule has 9 nitrogen and oxygen atoms in total. The maximum atomic E-state index is 12.9. The van der Waals surface area contributed by atoms with Gasteiger partial charge in [0.15, 0.2) is 11.5 Å². The standard InChI is InChI=1S/C27H23IN2O7S/c1-2-35-23-15-19(14-22(28)25(23)37-17-18-8-10-20(11-9-18)30(33)34)16-24-26(31)29(27(32)38-24)12-13-36-21-6-4-3-5-7-21/h3-11,14-16H,2,12-13,17H2,1H3/b24-16-. The van der Waals surface area contributed by atoms with Crippen LogP contribution in [0.25, 0.3) is 6.08 Å². The Morgan fingerprint density at radius 1 is 1.03 bits per heavy atom. The zero-order chi connectivity index (χ0) is 27.1. The first kappa shape index (κ1) is 27.5. The molecule has 0 aromatic heterocycles. The molecule has 1 aliphatic heterocycles. The fourth-order valence-electron chi connectivity index (χ4n) is 3.56. The predicted molar refractivity (Wildman–Crippen MR) is 152 cm³/mol. The van der Waals surface area contributed by atoms with Crippen molar-refractivity contribution in [2.45, 2.75) is 13.5 Å². The summed E-state index contributed by atoms with van der Waals surface area (Å²) in [6.45, 7) is 2.78. The summed E-state index contributed by atoms with van der Waals surface area (Å²) in [7, 11) is 0. The lowest BCUT2D eigenvalue weighted by molar-refractivity contribution is -0.384. The highest BCUT2D eigenvalue weighted by molar-refractivity contribution is 14.1. The summed E-state index contributed by atoms with van der Waals surface area (Å²) < 4.78 is 18.2. The van der Waals surface area contributed by atoms with E-state index < -0.39 is 4.92 Å². The third-order valence-electron chi connectivity index (χ3n) is 5.36. The molecule has 1 heterocycles. The van der Waals surface area contributed by atoms with Crippen molar-refractivity contribution in [3.05, 3.63) is 96.4 Å². The first-order valence-corrected chi connectivity index (χ1v) is 13.5. The van der Waals surface area contributed by atoms with E-state index in [1.165, 1.54) is 17.0 Å². The van der Waals surface area contributed by atoms with E-state index in [2.05, 4.69) is 22.6 Å². The van der Waals surface area contributed by atoms with Gasteiger partial charge in [0.2, 0.25) is 0 Å². The van der Waals surface area contributed by atoms with Crippen LogP contribution in [0.15, 0.2) is 71.6 Å². The average molecular weight is 646 g/mol. The number of hydrogen-bond donors (Lipinski definition) is 0. The Morgan fingerprint density at radius 3 is 2.45 bits per heavy atom. The molecule has 11 heteroatoms. The van der Waals surface area contributed by atoms with Crippen molar-refractivity contribution in [2.24, 2.45) is 0 Å². The summed E-state index contributed by atoms with van der Waals surface area (Å²) in [4.78, 5) is 37.3. The fraction of sp³-hybridized carbons (Fsp3) is 0.185. The lowest BCUT2D eigenvalue weighted by Gasteiger charge is -2.15. The molecule has 0 radical (unpaired) electrons. The van der Waals surface area contributed by atoms with Crippen LogP contribution in [0.1, 0.15) is 18.1 Å². The van der Waals surface area contributed by atoms with Gasteiger partial charge in [-0.05, 0) is 94.9 Å². The van der Waals surface area contributed by atoms with E-state index in [-0.39, 0.29) is 36.6 Å². The second-order valence-electron chi connectivity index (χ2n) is 7.97. The van der Waals surface area contributed by atoms with Crippen LogP contribution in [0.4, 0.5) is 10.5 Å². The molecule has 1 saturated heterocycles. The molecule has 0 unspecified atom stereocenters. The van der Waals surface area contributed by atoms with Gasteiger partial charge in [-0.25, -0.2) is 0 Å². The number of nitrogens with zero attached hydrogens (tertiary/aromatic N) is 2. The number of ether oxygens (including phenoxy) is 3. The first-order chi connectivity index (χ1) is 18.4. The van der Waals surface area contributed by atoms with E-state index in [1.807, 2.05) is 43.3 Å². The minimum atomic E-state index is -0.452. The topological polar surface area (TPSA) is 108 Å². The number of nitro groups is 1. The second-order valence-corrected chi connectivity index (χ2v) is 10.1. The maximum Gasteiger partial charge on any atom is 0.293 e. The number of carbonyl (C=O) groups excluding carboxylic acids is 2. The number of imide groups is 1. The van der Waals surface area contributed by atoms with Crippen molar-refractivity contribution >= 4 is 57.3 Å². The first-order valence-electron chi connectivity index (χ1n) is 11.6. The van der Waals surface area contributed by atoms with Gasteiger partial charge in [-0.3, -0.25) is 24.6 Å². The Hall–Kier alpha value is -3.58. The van der Waals surface area contributed by atoms with E-state index in [0.29, 0.717) is 34.3 Å². The largest absolute Gasteiger partial charge is 0.492 e. The zero-order valence-electron chi connectivity index (χ0n) is 20.3. The molecule has 38 heavy (non-hydrogen) atoms. The van der Waals surface area contributed by atoms with Crippen LogP contribution >= 0.6 is 34.4 Å². The number of non-ortho nitro benzene ring substituents is 1. The van der Waals surface area contributed by atoms with Crippen LogP contribution in [-0.4, -0.2) is 40.7 Å². The number of para-hydroxylation sites is 1. The number of rotatable bonds is 11. The average Bonchev–Trinajstić information content (AvgIpc) is 3.16. The van der Waals surface area contributed by atoms with E-state index in [4.69, 9.17) is 14.2 Å². The molecule has 0 N–H and O–H groups in total. The second kappa shape index (κ2) is 12.8. The molecule has 1 aliphatic rings.